The van der Waals surface area contributed by atoms with Gasteiger partial charge in [-0.25, -0.2) is 10.2 Å². The molecule has 0 spiro atoms. The molecule has 7 heteroatoms. The molecular formula is C9H9Br2N3O2. The fourth-order valence-corrected chi connectivity index (χ4v) is 2.14. The molecule has 0 aromatic heterocycles. The minimum atomic E-state index is -0.763. The number of hydrogen-bond donors (Lipinski definition) is 3. The number of aromatic hydroxyl groups is 1. The van der Waals surface area contributed by atoms with Crippen molar-refractivity contribution in [2.75, 3.05) is 0 Å². The Kier molecular flexibility index (Phi) is 4.31. The summed E-state index contributed by atoms with van der Waals surface area (Å²) < 4.78 is 1.39. The lowest BCUT2D eigenvalue weighted by Gasteiger charge is -2.07. The van der Waals surface area contributed by atoms with E-state index in [2.05, 4.69) is 37.0 Å². The topological polar surface area (TPSA) is 87.7 Å². The number of nitrogens with one attached hydrogen (secondary N) is 1. The number of rotatable bonds is 2. The number of nitrogens with zero attached hydrogens (tertiary/aromatic N) is 1. The van der Waals surface area contributed by atoms with Crippen LogP contribution in [0.2, 0.25) is 0 Å². The van der Waals surface area contributed by atoms with Crippen molar-refractivity contribution in [3.05, 3.63) is 26.1 Å². The number of phenols is 1. The number of nitrogens with two attached hydrogens (primary N) is 1. The minimum absolute atomic E-state index is 0.0516. The molecule has 1 aromatic carbocycles. The highest BCUT2D eigenvalue weighted by Crippen LogP contribution is 2.35. The Morgan fingerprint density at radius 2 is 2.25 bits per heavy atom. The summed E-state index contributed by atoms with van der Waals surface area (Å²) in [5.74, 6) is 0.0516. The van der Waals surface area contributed by atoms with E-state index in [1.807, 2.05) is 12.3 Å². The Bertz CT molecular complexity index is 461. The summed E-state index contributed by atoms with van der Waals surface area (Å²) in [5.41, 5.74) is 8.20. The molecular weight excluding hydrogens is 342 g/mol. The maximum Gasteiger partial charge on any atom is 0.332 e. The van der Waals surface area contributed by atoms with Crippen molar-refractivity contribution in [2.24, 2.45) is 10.8 Å². The Labute approximate surface area is 109 Å². The SMILES string of the molecule is Cc1c(Br)cc(C=NNC(N)=O)c(O)c1Br. The van der Waals surface area contributed by atoms with Crippen molar-refractivity contribution >= 4 is 44.1 Å². The van der Waals surface area contributed by atoms with E-state index >= 15 is 0 Å². The molecule has 0 fully saturated rings. The van der Waals surface area contributed by atoms with Gasteiger partial charge in [-0.05, 0) is 34.5 Å². The van der Waals surface area contributed by atoms with Gasteiger partial charge in [0.25, 0.3) is 0 Å². The van der Waals surface area contributed by atoms with Crippen LogP contribution in [0, 0.1) is 6.92 Å². The summed E-state index contributed by atoms with van der Waals surface area (Å²) in [6.45, 7) is 1.84. The van der Waals surface area contributed by atoms with Crippen LogP contribution < -0.4 is 11.2 Å². The second kappa shape index (κ2) is 5.31. The molecule has 4 N–H and O–H groups in total. The number of carbonyl (C=O) groups excluding carboxylic acids is 1. The number of urea groups is 1. The lowest BCUT2D eigenvalue weighted by molar-refractivity contribution is 0.249. The standard InChI is InChI=1S/C9H9Br2N3O2/c1-4-6(10)2-5(8(15)7(4)11)3-13-14-9(12)16/h2-3,15H,1H3,(H3,12,14,16). The predicted molar refractivity (Wildman–Crippen MR) is 68.6 cm³/mol. The van der Waals surface area contributed by atoms with E-state index in [4.69, 9.17) is 5.73 Å². The molecule has 1 rings (SSSR count). The molecule has 5 nitrogen and oxygen atoms in total. The van der Waals surface area contributed by atoms with Gasteiger partial charge in [0, 0.05) is 10.0 Å². The third-order valence-electron chi connectivity index (χ3n) is 1.83. The summed E-state index contributed by atoms with van der Waals surface area (Å²) in [4.78, 5) is 10.4. The zero-order chi connectivity index (χ0) is 12.3. The molecule has 0 aliphatic heterocycles. The van der Waals surface area contributed by atoms with Crippen molar-refractivity contribution in [3.8, 4) is 5.75 Å². The number of primary amides is 1. The van der Waals surface area contributed by atoms with Crippen LogP contribution in [0.1, 0.15) is 11.1 Å². The fraction of sp³-hybridized carbons (Fsp3) is 0.111. The average molecular weight is 351 g/mol. The molecule has 2 amide bonds. The van der Waals surface area contributed by atoms with Crippen molar-refractivity contribution in [1.82, 2.24) is 5.43 Å². The second-order valence-electron chi connectivity index (χ2n) is 2.97. The Morgan fingerprint density at radius 3 is 2.81 bits per heavy atom. The van der Waals surface area contributed by atoms with Crippen LogP contribution in [0.25, 0.3) is 0 Å². The van der Waals surface area contributed by atoms with E-state index in [-0.39, 0.29) is 5.75 Å². The van der Waals surface area contributed by atoms with Gasteiger partial charge in [0.1, 0.15) is 5.75 Å². The largest absolute Gasteiger partial charge is 0.506 e. The smallest absolute Gasteiger partial charge is 0.332 e. The van der Waals surface area contributed by atoms with Crippen LogP contribution in [0.15, 0.2) is 20.1 Å². The molecule has 0 unspecified atom stereocenters. The molecule has 86 valence electrons. The Morgan fingerprint density at radius 1 is 1.62 bits per heavy atom. The molecule has 0 saturated heterocycles. The van der Waals surface area contributed by atoms with Crippen LogP contribution in [-0.4, -0.2) is 17.4 Å². The number of carbonyl (C=O) groups is 1. The number of hydrogen-bond acceptors (Lipinski definition) is 3. The molecule has 16 heavy (non-hydrogen) atoms. The first kappa shape index (κ1) is 13.0. The van der Waals surface area contributed by atoms with Crippen LogP contribution in [-0.2, 0) is 0 Å². The molecule has 0 aliphatic carbocycles. The summed E-state index contributed by atoms with van der Waals surface area (Å²) in [5, 5.41) is 13.3. The molecule has 1 aromatic rings. The van der Waals surface area contributed by atoms with E-state index in [1.54, 1.807) is 6.07 Å². The quantitative estimate of drug-likeness (QED) is 0.564. The van der Waals surface area contributed by atoms with E-state index in [9.17, 15) is 9.90 Å². The predicted octanol–water partition coefficient (Wildman–Crippen LogP) is 2.23. The van der Waals surface area contributed by atoms with Gasteiger partial charge in [-0.15, -0.1) is 0 Å². The van der Waals surface area contributed by atoms with Crippen LogP contribution in [0.5, 0.6) is 5.75 Å². The molecule has 0 heterocycles. The number of benzene rings is 1. The van der Waals surface area contributed by atoms with Gasteiger partial charge in [-0.1, -0.05) is 15.9 Å². The van der Waals surface area contributed by atoms with Crippen molar-refractivity contribution in [2.45, 2.75) is 6.92 Å². The van der Waals surface area contributed by atoms with E-state index in [1.165, 1.54) is 6.21 Å². The highest BCUT2D eigenvalue weighted by Gasteiger charge is 2.10. The molecule has 0 bridgehead atoms. The summed E-state index contributed by atoms with van der Waals surface area (Å²) >= 11 is 6.58. The first-order valence-electron chi connectivity index (χ1n) is 4.19. The zero-order valence-electron chi connectivity index (χ0n) is 8.29. The minimum Gasteiger partial charge on any atom is -0.506 e. The average Bonchev–Trinajstić information content (AvgIpc) is 2.22. The van der Waals surface area contributed by atoms with Crippen molar-refractivity contribution < 1.29 is 9.90 Å². The maximum absolute atomic E-state index is 10.4. The normalized spacial score (nSPS) is 10.7. The molecule has 0 radical (unpaired) electrons. The van der Waals surface area contributed by atoms with Crippen molar-refractivity contribution in [3.63, 3.8) is 0 Å². The maximum atomic E-state index is 10.4. The van der Waals surface area contributed by atoms with Crippen LogP contribution >= 0.6 is 31.9 Å². The van der Waals surface area contributed by atoms with Crippen LogP contribution in [0.4, 0.5) is 4.79 Å². The first-order valence-corrected chi connectivity index (χ1v) is 5.78. The van der Waals surface area contributed by atoms with E-state index < -0.39 is 6.03 Å². The lowest BCUT2D eigenvalue weighted by atomic mass is 10.1. The van der Waals surface area contributed by atoms with E-state index in [0.717, 1.165) is 10.0 Å². The first-order chi connectivity index (χ1) is 7.43. The van der Waals surface area contributed by atoms with Gasteiger partial charge >= 0.3 is 6.03 Å². The van der Waals surface area contributed by atoms with Gasteiger partial charge in [0.2, 0.25) is 0 Å². The van der Waals surface area contributed by atoms with Crippen molar-refractivity contribution in [1.29, 1.82) is 0 Å². The third kappa shape index (κ3) is 2.96. The van der Waals surface area contributed by atoms with Gasteiger partial charge in [0.05, 0.1) is 10.7 Å². The van der Waals surface area contributed by atoms with Gasteiger partial charge < -0.3 is 10.8 Å². The number of amides is 2. The van der Waals surface area contributed by atoms with Crippen LogP contribution in [0.3, 0.4) is 0 Å². The highest BCUT2D eigenvalue weighted by atomic mass is 79.9. The summed E-state index contributed by atoms with van der Waals surface area (Å²) in [6, 6.07) is 0.919. The number of phenolic OH excluding ortho intramolecular Hbond substituents is 1. The number of halogens is 2. The third-order valence-corrected chi connectivity index (χ3v) is 3.62. The molecule has 0 saturated carbocycles. The van der Waals surface area contributed by atoms with Gasteiger partial charge in [0.15, 0.2) is 0 Å². The second-order valence-corrected chi connectivity index (χ2v) is 4.62. The highest BCUT2D eigenvalue weighted by molar-refractivity contribution is 9.11. The lowest BCUT2D eigenvalue weighted by Crippen LogP contribution is -2.24. The Balaban J connectivity index is 3.06. The molecule has 0 aliphatic rings. The van der Waals surface area contributed by atoms with Gasteiger partial charge in [-0.2, -0.15) is 5.10 Å². The van der Waals surface area contributed by atoms with Gasteiger partial charge in [-0.3, -0.25) is 0 Å². The summed E-state index contributed by atoms with van der Waals surface area (Å²) in [7, 11) is 0. The Hall–Kier alpha value is -1.08. The zero-order valence-corrected chi connectivity index (χ0v) is 11.5. The monoisotopic (exact) mass is 349 g/mol. The summed E-state index contributed by atoms with van der Waals surface area (Å²) in [6.07, 6.45) is 1.30. The van der Waals surface area contributed by atoms with E-state index in [0.29, 0.717) is 10.0 Å². The number of hydrazone groups is 1. The molecule has 0 atom stereocenters. The fourth-order valence-electron chi connectivity index (χ4n) is 0.986.